The van der Waals surface area contributed by atoms with E-state index < -0.39 is 11.9 Å². The number of unbranched alkanes of at least 4 members (excludes halogenated alkanes) is 20. The van der Waals surface area contributed by atoms with Gasteiger partial charge in [-0.25, -0.2) is 4.79 Å². The molecule has 0 aromatic heterocycles. The van der Waals surface area contributed by atoms with Gasteiger partial charge in [0.1, 0.15) is 5.75 Å². The first-order chi connectivity index (χ1) is 22.3. The minimum absolute atomic E-state index is 0. The van der Waals surface area contributed by atoms with Crippen molar-refractivity contribution in [3.8, 4) is 11.5 Å². The van der Waals surface area contributed by atoms with Crippen LogP contribution in [-0.4, -0.2) is 59.9 Å². The quantitative estimate of drug-likeness (QED) is 0.0755. The van der Waals surface area contributed by atoms with Crippen LogP contribution >= 0.6 is 0 Å². The van der Waals surface area contributed by atoms with Crippen molar-refractivity contribution in [2.75, 3.05) is 0 Å². The van der Waals surface area contributed by atoms with Crippen LogP contribution in [0.2, 0.25) is 0 Å². The summed E-state index contributed by atoms with van der Waals surface area (Å²) in [4.78, 5) is 21.8. The van der Waals surface area contributed by atoms with Crippen molar-refractivity contribution in [1.29, 1.82) is 0 Å². The molecule has 0 radical (unpaired) electrons. The molecule has 7 heteroatoms. The van der Waals surface area contributed by atoms with Crippen LogP contribution in [0.5, 0.6) is 11.5 Å². The third kappa shape index (κ3) is 23.3. The fourth-order valence-electron chi connectivity index (χ4n) is 5.78. The minimum atomic E-state index is -1.22. The third-order valence-electron chi connectivity index (χ3n) is 8.72. The van der Waals surface area contributed by atoms with Gasteiger partial charge >= 0.3 is 43.7 Å². The summed E-state index contributed by atoms with van der Waals surface area (Å²) in [5, 5.41) is 41.3. The number of hydrogen-bond acceptors (Lipinski definition) is 5. The summed E-state index contributed by atoms with van der Waals surface area (Å²) in [5.41, 5.74) is 1.70. The van der Waals surface area contributed by atoms with Gasteiger partial charge in [-0.05, 0) is 55.0 Å². The maximum atomic E-state index is 11.7. The summed E-state index contributed by atoms with van der Waals surface area (Å²) >= 11 is 0. The van der Waals surface area contributed by atoms with E-state index in [2.05, 4.69) is 13.8 Å². The first-order valence-corrected chi connectivity index (χ1v) is 18.4. The molecule has 6 nitrogen and oxygen atoms in total. The minimum Gasteiger partial charge on any atom is -0.872 e. The normalized spacial score (nSPS) is 10.6. The number of rotatable bonds is 26. The molecule has 0 atom stereocenters. The molecule has 2 rings (SSSR count). The number of carbonyl (C=O) groups excluding carboxylic acids is 1. The molecular formula is C40H62CaO6. The van der Waals surface area contributed by atoms with Crippen LogP contribution in [0.1, 0.15) is 187 Å². The maximum Gasteiger partial charge on any atom is 2.00 e. The molecule has 2 aromatic rings. The summed E-state index contributed by atoms with van der Waals surface area (Å²) in [6.07, 6.45) is 29.5. The summed E-state index contributed by atoms with van der Waals surface area (Å²) in [6.45, 7) is 4.49. The van der Waals surface area contributed by atoms with E-state index >= 15 is 0 Å². The number of phenols is 1. The maximum absolute atomic E-state index is 11.7. The average Bonchev–Trinajstić information content (AvgIpc) is 3.04. The number of carboxylic acids is 2. The van der Waals surface area contributed by atoms with Gasteiger partial charge in [-0.1, -0.05) is 166 Å². The van der Waals surface area contributed by atoms with Gasteiger partial charge in [-0.3, -0.25) is 0 Å². The standard InChI is InChI=1S/2C20H32O3.Ca/c2*1-2-3-4-5-6-7-8-9-10-11-12-13-17-16-18(20(22)23)14-15-19(17)21;/h2*14-16,21H,2-13H2,1H3,(H,22,23);/q;;+2/p-2. The number of aromatic carboxylic acids is 2. The molecular weight excluding hydrogens is 617 g/mol. The Labute approximate surface area is 315 Å². The van der Waals surface area contributed by atoms with Crippen molar-refractivity contribution in [2.24, 2.45) is 0 Å². The second-order valence-electron chi connectivity index (χ2n) is 12.8. The Balaban J connectivity index is 0.000000882. The van der Waals surface area contributed by atoms with E-state index in [1.165, 1.54) is 146 Å². The number of hydrogen-bond donors (Lipinski definition) is 2. The van der Waals surface area contributed by atoms with Gasteiger partial charge in [0.2, 0.25) is 0 Å². The van der Waals surface area contributed by atoms with E-state index in [1.807, 2.05) is 0 Å². The average molecular weight is 679 g/mol. The zero-order valence-electron chi connectivity index (χ0n) is 29.7. The second-order valence-corrected chi connectivity index (χ2v) is 12.8. The number of aromatic hydroxyl groups is 1. The molecule has 0 saturated heterocycles. The number of phenolic OH excluding ortho intramolecular Hbond substituents is 1. The molecule has 0 aliphatic carbocycles. The van der Waals surface area contributed by atoms with Gasteiger partial charge < -0.3 is 25.2 Å². The van der Waals surface area contributed by atoms with Gasteiger partial charge in [0.25, 0.3) is 0 Å². The number of carbonyl (C=O) groups is 2. The van der Waals surface area contributed by atoms with E-state index in [4.69, 9.17) is 5.11 Å². The van der Waals surface area contributed by atoms with Crippen molar-refractivity contribution in [1.82, 2.24) is 0 Å². The Morgan fingerprint density at radius 2 is 0.915 bits per heavy atom. The Hall–Kier alpha value is -1.76. The molecule has 0 heterocycles. The summed E-state index contributed by atoms with van der Waals surface area (Å²) in [5.74, 6) is -2.01. The number of aryl methyl sites for hydroxylation is 2. The summed E-state index contributed by atoms with van der Waals surface area (Å²) in [6, 6.07) is 8.64. The first-order valence-electron chi connectivity index (χ1n) is 18.4. The topological polar surface area (TPSA) is 121 Å². The van der Waals surface area contributed by atoms with Crippen molar-refractivity contribution in [3.63, 3.8) is 0 Å². The molecule has 2 aromatic carbocycles. The van der Waals surface area contributed by atoms with E-state index in [0.717, 1.165) is 37.7 Å². The van der Waals surface area contributed by atoms with Crippen LogP contribution in [0, 0.1) is 0 Å². The molecule has 0 saturated carbocycles. The third-order valence-corrected chi connectivity index (χ3v) is 8.72. The summed E-state index contributed by atoms with van der Waals surface area (Å²) in [7, 11) is 0. The molecule has 260 valence electrons. The molecule has 0 amide bonds. The Morgan fingerprint density at radius 3 is 1.32 bits per heavy atom. The molecule has 0 aliphatic rings. The van der Waals surface area contributed by atoms with Gasteiger partial charge in [-0.15, -0.1) is 5.75 Å². The molecule has 0 bridgehead atoms. The number of carboxylic acid groups (broad SMARTS) is 2. The van der Waals surface area contributed by atoms with Gasteiger partial charge in [0.15, 0.2) is 0 Å². The molecule has 0 aliphatic heterocycles. The molecule has 0 spiro atoms. The van der Waals surface area contributed by atoms with E-state index in [0.29, 0.717) is 12.0 Å². The first kappa shape index (κ1) is 45.2. The van der Waals surface area contributed by atoms with E-state index in [1.54, 1.807) is 6.07 Å². The van der Waals surface area contributed by atoms with Crippen molar-refractivity contribution in [2.45, 2.75) is 168 Å². The Bertz CT molecular complexity index is 1000. The zero-order chi connectivity index (χ0) is 33.8. The molecule has 47 heavy (non-hydrogen) atoms. The van der Waals surface area contributed by atoms with Gasteiger partial charge in [0.05, 0.1) is 11.5 Å². The summed E-state index contributed by atoms with van der Waals surface area (Å²) < 4.78 is 0. The SMILES string of the molecule is CCCCCCCCCCCCCc1cc(C(=O)O)ccc1O.CCCCCCCCCCCCCc1cc(C(=O)[O-])ccc1[O-].[Ca+2]. The number of benzene rings is 2. The predicted octanol–water partition coefficient (Wildman–Crippen LogP) is 9.54. The van der Waals surface area contributed by atoms with E-state index in [-0.39, 0.29) is 60.4 Å². The van der Waals surface area contributed by atoms with E-state index in [9.17, 15) is 24.9 Å². The van der Waals surface area contributed by atoms with Crippen molar-refractivity contribution < 1.29 is 30.0 Å². The van der Waals surface area contributed by atoms with Crippen LogP contribution in [0.25, 0.3) is 0 Å². The monoisotopic (exact) mass is 678 g/mol. The van der Waals surface area contributed by atoms with Crippen LogP contribution in [0.3, 0.4) is 0 Å². The van der Waals surface area contributed by atoms with Gasteiger partial charge in [-0.2, -0.15) is 0 Å². The Kier molecular flexibility index (Phi) is 29.2. The fraction of sp³-hybridized carbons (Fsp3) is 0.650. The van der Waals surface area contributed by atoms with Crippen LogP contribution < -0.4 is 10.2 Å². The largest absolute Gasteiger partial charge is 2.00 e. The fourth-order valence-corrected chi connectivity index (χ4v) is 5.78. The second kappa shape index (κ2) is 30.3. The zero-order valence-corrected chi connectivity index (χ0v) is 31.9. The van der Waals surface area contributed by atoms with Gasteiger partial charge in [0, 0.05) is 0 Å². The van der Waals surface area contributed by atoms with Crippen LogP contribution in [-0.2, 0) is 12.8 Å². The molecule has 0 unspecified atom stereocenters. The van der Waals surface area contributed by atoms with Crippen molar-refractivity contribution in [3.05, 3.63) is 58.7 Å². The van der Waals surface area contributed by atoms with Crippen LogP contribution in [0.15, 0.2) is 36.4 Å². The Morgan fingerprint density at radius 1 is 0.553 bits per heavy atom. The smallest absolute Gasteiger partial charge is 0.872 e. The molecule has 0 fully saturated rings. The molecule has 2 N–H and O–H groups in total. The van der Waals surface area contributed by atoms with Crippen molar-refractivity contribution >= 4 is 49.7 Å². The van der Waals surface area contributed by atoms with Crippen LogP contribution in [0.4, 0.5) is 0 Å². The predicted molar refractivity (Wildman–Crippen MR) is 191 cm³/mol.